The molecule has 0 saturated heterocycles. The van der Waals surface area contributed by atoms with E-state index in [1.54, 1.807) is 31.2 Å². The van der Waals surface area contributed by atoms with E-state index in [9.17, 15) is 9.90 Å². The molecular formula is C12H11ClN4O2. The molecule has 0 fully saturated rings. The third-order valence-electron chi connectivity index (χ3n) is 2.43. The number of phenols is 1. The Labute approximate surface area is 113 Å². The number of hydrogen-bond donors (Lipinski definition) is 3. The van der Waals surface area contributed by atoms with Gasteiger partial charge < -0.3 is 5.11 Å². The number of aromatic amines is 1. The van der Waals surface area contributed by atoms with Crippen LogP contribution in [-0.2, 0) is 0 Å². The van der Waals surface area contributed by atoms with Crippen molar-refractivity contribution >= 4 is 23.0 Å². The number of aromatic nitrogens is 2. The molecule has 1 aromatic heterocycles. The molecule has 0 aliphatic heterocycles. The first-order valence-electron chi connectivity index (χ1n) is 5.41. The second-order valence-electron chi connectivity index (χ2n) is 3.75. The van der Waals surface area contributed by atoms with E-state index < -0.39 is 5.56 Å². The summed E-state index contributed by atoms with van der Waals surface area (Å²) in [4.78, 5) is 11.2. The number of nitrogens with zero attached hydrogens (tertiary/aromatic N) is 2. The molecule has 0 saturated carbocycles. The van der Waals surface area contributed by atoms with Crippen molar-refractivity contribution in [3.8, 4) is 5.75 Å². The summed E-state index contributed by atoms with van der Waals surface area (Å²) in [6, 6.07) is 6.80. The smallest absolute Gasteiger partial charge is 0.285 e. The predicted octanol–water partition coefficient (Wildman–Crippen LogP) is 1.97. The number of H-pyrrole nitrogens is 1. The molecular weight excluding hydrogens is 268 g/mol. The quantitative estimate of drug-likeness (QED) is 0.591. The number of aromatic hydroxyl groups is 1. The maximum atomic E-state index is 11.2. The van der Waals surface area contributed by atoms with Gasteiger partial charge >= 0.3 is 0 Å². The zero-order valence-corrected chi connectivity index (χ0v) is 10.8. The van der Waals surface area contributed by atoms with Gasteiger partial charge in [0.2, 0.25) is 0 Å². The van der Waals surface area contributed by atoms with Crippen LogP contribution in [0.15, 0.2) is 40.4 Å². The van der Waals surface area contributed by atoms with Gasteiger partial charge in [0.15, 0.2) is 0 Å². The summed E-state index contributed by atoms with van der Waals surface area (Å²) in [7, 11) is 0. The highest BCUT2D eigenvalue weighted by molar-refractivity contribution is 6.32. The van der Waals surface area contributed by atoms with Crippen molar-refractivity contribution < 1.29 is 5.11 Å². The fourth-order valence-electron chi connectivity index (χ4n) is 1.45. The summed E-state index contributed by atoms with van der Waals surface area (Å²) >= 11 is 5.79. The number of halogens is 1. The molecule has 0 aliphatic rings. The first-order chi connectivity index (χ1) is 9.09. The highest BCUT2D eigenvalue weighted by atomic mass is 35.5. The van der Waals surface area contributed by atoms with Crippen LogP contribution in [0.3, 0.4) is 0 Å². The Bertz CT molecular complexity index is 681. The monoisotopic (exact) mass is 278 g/mol. The van der Waals surface area contributed by atoms with Gasteiger partial charge in [0.1, 0.15) is 16.5 Å². The average molecular weight is 279 g/mol. The van der Waals surface area contributed by atoms with Crippen LogP contribution in [0.5, 0.6) is 5.75 Å². The number of rotatable bonds is 3. The largest absolute Gasteiger partial charge is 0.507 e. The summed E-state index contributed by atoms with van der Waals surface area (Å²) in [5.74, 6) is 0.126. The topological polar surface area (TPSA) is 90.4 Å². The molecule has 0 radical (unpaired) electrons. The number of phenolic OH excluding ortho intramolecular Hbond substituents is 1. The molecule has 0 spiro atoms. The van der Waals surface area contributed by atoms with Gasteiger partial charge in [-0.15, -0.1) is 0 Å². The van der Waals surface area contributed by atoms with E-state index in [1.165, 1.54) is 6.20 Å². The Hall–Kier alpha value is -2.34. The van der Waals surface area contributed by atoms with E-state index in [4.69, 9.17) is 11.6 Å². The zero-order valence-electron chi connectivity index (χ0n) is 10.0. The van der Waals surface area contributed by atoms with Crippen LogP contribution in [0, 0.1) is 0 Å². The molecule has 6 nitrogen and oxygen atoms in total. The third kappa shape index (κ3) is 2.92. The SMILES string of the molecule is C/C(=N\Nc1cn[nH]c(=O)c1Cl)c1ccccc1O. The van der Waals surface area contributed by atoms with Crippen molar-refractivity contribution in [2.75, 3.05) is 5.43 Å². The molecule has 2 aromatic rings. The Morgan fingerprint density at radius 1 is 1.47 bits per heavy atom. The molecule has 2 rings (SSSR count). The Morgan fingerprint density at radius 2 is 2.21 bits per heavy atom. The second kappa shape index (κ2) is 5.53. The molecule has 7 heteroatoms. The molecule has 98 valence electrons. The molecule has 0 unspecified atom stereocenters. The lowest BCUT2D eigenvalue weighted by atomic mass is 10.1. The van der Waals surface area contributed by atoms with Crippen LogP contribution < -0.4 is 11.0 Å². The van der Waals surface area contributed by atoms with Crippen LogP contribution in [0.2, 0.25) is 5.02 Å². The van der Waals surface area contributed by atoms with Crippen molar-refractivity contribution in [3.63, 3.8) is 0 Å². The molecule has 0 aliphatic carbocycles. The number of hydrazone groups is 1. The number of hydrogen-bond acceptors (Lipinski definition) is 5. The number of benzene rings is 1. The second-order valence-corrected chi connectivity index (χ2v) is 4.13. The molecule has 19 heavy (non-hydrogen) atoms. The van der Waals surface area contributed by atoms with E-state index in [-0.39, 0.29) is 10.8 Å². The molecule has 1 heterocycles. The van der Waals surface area contributed by atoms with Crippen LogP contribution in [0.1, 0.15) is 12.5 Å². The number of nitrogens with one attached hydrogen (secondary N) is 2. The lowest BCUT2D eigenvalue weighted by molar-refractivity contribution is 0.474. The fourth-order valence-corrected chi connectivity index (χ4v) is 1.58. The van der Waals surface area contributed by atoms with Gasteiger partial charge in [-0.3, -0.25) is 10.2 Å². The van der Waals surface area contributed by atoms with Crippen LogP contribution in [0.25, 0.3) is 0 Å². The molecule has 0 bridgehead atoms. The van der Waals surface area contributed by atoms with Gasteiger partial charge in [-0.1, -0.05) is 23.7 Å². The maximum Gasteiger partial charge on any atom is 0.285 e. The lowest BCUT2D eigenvalue weighted by Crippen LogP contribution is -2.10. The van der Waals surface area contributed by atoms with E-state index in [1.807, 2.05) is 0 Å². The van der Waals surface area contributed by atoms with Crippen molar-refractivity contribution in [2.45, 2.75) is 6.92 Å². The molecule has 1 aromatic carbocycles. The van der Waals surface area contributed by atoms with Crippen molar-refractivity contribution in [1.29, 1.82) is 0 Å². The van der Waals surface area contributed by atoms with E-state index in [0.29, 0.717) is 17.0 Å². The summed E-state index contributed by atoms with van der Waals surface area (Å²) < 4.78 is 0. The summed E-state index contributed by atoms with van der Waals surface area (Å²) in [6.07, 6.45) is 1.35. The summed E-state index contributed by atoms with van der Waals surface area (Å²) in [5.41, 5.74) is 3.57. The van der Waals surface area contributed by atoms with Gasteiger partial charge in [0.05, 0.1) is 11.9 Å². The predicted molar refractivity (Wildman–Crippen MR) is 73.8 cm³/mol. The highest BCUT2D eigenvalue weighted by Crippen LogP contribution is 2.18. The van der Waals surface area contributed by atoms with Crippen LogP contribution in [0.4, 0.5) is 5.69 Å². The van der Waals surface area contributed by atoms with E-state index >= 15 is 0 Å². The fraction of sp³-hybridized carbons (Fsp3) is 0.0833. The maximum absolute atomic E-state index is 11.2. The minimum absolute atomic E-state index is 0.0242. The number of anilines is 1. The van der Waals surface area contributed by atoms with E-state index in [0.717, 1.165) is 0 Å². The highest BCUT2D eigenvalue weighted by Gasteiger charge is 2.06. The molecule has 0 amide bonds. The van der Waals surface area contributed by atoms with Crippen molar-refractivity contribution in [2.24, 2.45) is 5.10 Å². The van der Waals surface area contributed by atoms with Gasteiger partial charge in [-0.2, -0.15) is 10.2 Å². The van der Waals surface area contributed by atoms with Gasteiger partial charge in [-0.25, -0.2) is 5.10 Å². The zero-order chi connectivity index (χ0) is 13.8. The minimum atomic E-state index is -0.498. The summed E-state index contributed by atoms with van der Waals surface area (Å²) in [5, 5.41) is 19.5. The normalized spacial score (nSPS) is 11.4. The minimum Gasteiger partial charge on any atom is -0.507 e. The summed E-state index contributed by atoms with van der Waals surface area (Å²) in [6.45, 7) is 1.72. The van der Waals surface area contributed by atoms with Crippen LogP contribution >= 0.6 is 11.6 Å². The van der Waals surface area contributed by atoms with Crippen molar-refractivity contribution in [3.05, 3.63) is 51.4 Å². The first kappa shape index (κ1) is 13.1. The molecule has 3 N–H and O–H groups in total. The Morgan fingerprint density at radius 3 is 2.95 bits per heavy atom. The van der Waals surface area contributed by atoms with Gasteiger partial charge in [-0.05, 0) is 19.1 Å². The number of para-hydroxylation sites is 1. The van der Waals surface area contributed by atoms with E-state index in [2.05, 4.69) is 20.7 Å². The molecule has 0 atom stereocenters. The lowest BCUT2D eigenvalue weighted by Gasteiger charge is -2.05. The third-order valence-corrected chi connectivity index (χ3v) is 2.81. The standard InChI is InChI=1S/C12H11ClN4O2/c1-7(8-4-2-3-5-10(8)18)15-16-9-6-14-17-12(19)11(9)13/h2-6,18H,1H3,(H2,16,17,19)/b15-7+. The van der Waals surface area contributed by atoms with Gasteiger partial charge in [0.25, 0.3) is 5.56 Å². The van der Waals surface area contributed by atoms with Crippen LogP contribution in [-0.4, -0.2) is 21.0 Å². The van der Waals surface area contributed by atoms with Gasteiger partial charge in [0, 0.05) is 5.56 Å². The Balaban J connectivity index is 2.26. The van der Waals surface area contributed by atoms with Crippen molar-refractivity contribution in [1.82, 2.24) is 10.2 Å². The Kier molecular flexibility index (Phi) is 3.82. The average Bonchev–Trinajstić information content (AvgIpc) is 2.40. The first-order valence-corrected chi connectivity index (χ1v) is 5.79.